The van der Waals surface area contributed by atoms with Crippen LogP contribution in [0, 0.1) is 0 Å². The van der Waals surface area contributed by atoms with Gasteiger partial charge in [-0.1, -0.05) is 36.4 Å². The monoisotopic (exact) mass is 412 g/mol. The fourth-order valence-electron chi connectivity index (χ4n) is 3.13. The third kappa shape index (κ3) is 5.48. The smallest absolute Gasteiger partial charge is 0.232 e. The van der Waals surface area contributed by atoms with Crippen LogP contribution >= 0.6 is 0 Å². The Morgan fingerprint density at radius 3 is 2.48 bits per heavy atom. The molecule has 0 bridgehead atoms. The van der Waals surface area contributed by atoms with Crippen LogP contribution in [0.2, 0.25) is 0 Å². The minimum Gasteiger partial charge on any atom is -0.497 e. The van der Waals surface area contributed by atoms with Crippen LogP contribution in [-0.4, -0.2) is 34.2 Å². The van der Waals surface area contributed by atoms with E-state index in [9.17, 15) is 13.2 Å². The molecule has 0 heterocycles. The standard InChI is InChI=1S/C22H24N2O4S/c1-28-21-10-5-9-20(16-21)24(29(2,26)27)14-6-11-22(25)23-19-13-12-17-7-3-4-8-18(17)15-19/h3-5,7-10,12-13,15-16H,6,11,14H2,1-2H3,(H,23,25). The van der Waals surface area contributed by atoms with Crippen LogP contribution in [0.5, 0.6) is 5.75 Å². The highest BCUT2D eigenvalue weighted by molar-refractivity contribution is 7.92. The number of hydrogen-bond donors (Lipinski definition) is 1. The first-order valence-corrected chi connectivity index (χ1v) is 11.1. The molecule has 0 aliphatic carbocycles. The Morgan fingerprint density at radius 1 is 1.00 bits per heavy atom. The quantitative estimate of drug-likeness (QED) is 0.606. The number of amides is 1. The summed E-state index contributed by atoms with van der Waals surface area (Å²) in [6.45, 7) is 0.205. The maximum atomic E-state index is 12.3. The second-order valence-electron chi connectivity index (χ2n) is 6.75. The Bertz CT molecular complexity index is 1110. The van der Waals surface area contributed by atoms with Gasteiger partial charge < -0.3 is 10.1 Å². The molecule has 0 saturated heterocycles. The normalized spacial score (nSPS) is 11.2. The highest BCUT2D eigenvalue weighted by Gasteiger charge is 2.18. The topological polar surface area (TPSA) is 75.7 Å². The molecular weight excluding hydrogens is 388 g/mol. The lowest BCUT2D eigenvalue weighted by Gasteiger charge is -2.22. The van der Waals surface area contributed by atoms with Crippen molar-refractivity contribution in [3.05, 3.63) is 66.7 Å². The summed E-state index contributed by atoms with van der Waals surface area (Å²) in [5, 5.41) is 5.03. The molecule has 152 valence electrons. The molecule has 0 fully saturated rings. The zero-order valence-electron chi connectivity index (χ0n) is 16.5. The average molecular weight is 413 g/mol. The number of fused-ring (bicyclic) bond motifs is 1. The van der Waals surface area contributed by atoms with Crippen LogP contribution in [0.3, 0.4) is 0 Å². The maximum Gasteiger partial charge on any atom is 0.232 e. The van der Waals surface area contributed by atoms with Crippen LogP contribution in [0.1, 0.15) is 12.8 Å². The van der Waals surface area contributed by atoms with Crippen molar-refractivity contribution in [2.75, 3.05) is 29.5 Å². The first-order valence-electron chi connectivity index (χ1n) is 9.27. The highest BCUT2D eigenvalue weighted by atomic mass is 32.2. The summed E-state index contributed by atoms with van der Waals surface area (Å²) in [5.74, 6) is 0.421. The number of nitrogens with one attached hydrogen (secondary N) is 1. The Morgan fingerprint density at radius 2 is 1.76 bits per heavy atom. The van der Waals surface area contributed by atoms with E-state index >= 15 is 0 Å². The molecule has 6 nitrogen and oxygen atoms in total. The molecule has 0 aromatic heterocycles. The first kappa shape index (κ1) is 20.7. The van der Waals surface area contributed by atoms with Gasteiger partial charge in [0.1, 0.15) is 5.75 Å². The molecule has 29 heavy (non-hydrogen) atoms. The van der Waals surface area contributed by atoms with Gasteiger partial charge in [-0.3, -0.25) is 9.10 Å². The van der Waals surface area contributed by atoms with Gasteiger partial charge in [-0.15, -0.1) is 0 Å². The van der Waals surface area contributed by atoms with Crippen molar-refractivity contribution in [3.63, 3.8) is 0 Å². The number of methoxy groups -OCH3 is 1. The number of hydrogen-bond acceptors (Lipinski definition) is 4. The summed E-state index contributed by atoms with van der Waals surface area (Å²) >= 11 is 0. The number of carbonyl (C=O) groups is 1. The third-order valence-electron chi connectivity index (χ3n) is 4.54. The largest absolute Gasteiger partial charge is 0.497 e. The minimum atomic E-state index is -3.48. The lowest BCUT2D eigenvalue weighted by atomic mass is 10.1. The Labute approximate surface area is 171 Å². The van der Waals surface area contributed by atoms with Gasteiger partial charge in [0.15, 0.2) is 0 Å². The van der Waals surface area contributed by atoms with Crippen LogP contribution in [0.4, 0.5) is 11.4 Å². The van der Waals surface area contributed by atoms with Crippen molar-refractivity contribution in [1.82, 2.24) is 0 Å². The molecular formula is C22H24N2O4S. The van der Waals surface area contributed by atoms with E-state index in [0.29, 0.717) is 17.9 Å². The van der Waals surface area contributed by atoms with Crippen LogP contribution in [0.25, 0.3) is 10.8 Å². The summed E-state index contributed by atoms with van der Waals surface area (Å²) in [6.07, 6.45) is 1.76. The van der Waals surface area contributed by atoms with Gasteiger partial charge in [0, 0.05) is 24.7 Å². The van der Waals surface area contributed by atoms with Gasteiger partial charge in [0.25, 0.3) is 0 Å². The molecule has 0 aliphatic heterocycles. The number of benzene rings is 3. The third-order valence-corrected chi connectivity index (χ3v) is 5.73. The van der Waals surface area contributed by atoms with Crippen molar-refractivity contribution in [3.8, 4) is 5.75 Å². The Kier molecular flexibility index (Phi) is 6.39. The van der Waals surface area contributed by atoms with Crippen LogP contribution < -0.4 is 14.4 Å². The minimum absolute atomic E-state index is 0.153. The molecule has 7 heteroatoms. The average Bonchev–Trinajstić information content (AvgIpc) is 2.70. The summed E-state index contributed by atoms with van der Waals surface area (Å²) < 4.78 is 30.9. The van der Waals surface area contributed by atoms with E-state index in [2.05, 4.69) is 5.32 Å². The predicted molar refractivity (Wildman–Crippen MR) is 117 cm³/mol. The van der Waals surface area contributed by atoms with Gasteiger partial charge in [-0.25, -0.2) is 8.42 Å². The van der Waals surface area contributed by atoms with Crippen LogP contribution in [-0.2, 0) is 14.8 Å². The van der Waals surface area contributed by atoms with E-state index in [-0.39, 0.29) is 18.9 Å². The van der Waals surface area contributed by atoms with Crippen molar-refractivity contribution < 1.29 is 17.9 Å². The van der Waals surface area contributed by atoms with E-state index < -0.39 is 10.0 Å². The molecule has 0 saturated carbocycles. The predicted octanol–water partition coefficient (Wildman–Crippen LogP) is 4.03. The molecule has 0 atom stereocenters. The van der Waals surface area contributed by atoms with E-state index in [1.54, 1.807) is 24.3 Å². The Balaban J connectivity index is 1.61. The van der Waals surface area contributed by atoms with E-state index in [1.807, 2.05) is 42.5 Å². The second kappa shape index (κ2) is 8.96. The van der Waals surface area contributed by atoms with Crippen LogP contribution in [0.15, 0.2) is 66.7 Å². The number of nitrogens with zero attached hydrogens (tertiary/aromatic N) is 1. The van der Waals surface area contributed by atoms with E-state index in [1.165, 1.54) is 11.4 Å². The molecule has 1 amide bonds. The fourth-order valence-corrected chi connectivity index (χ4v) is 4.08. The number of ether oxygens (including phenoxy) is 1. The van der Waals surface area contributed by atoms with Gasteiger partial charge in [-0.2, -0.15) is 0 Å². The summed E-state index contributed by atoms with van der Waals surface area (Å²) in [4.78, 5) is 12.3. The lowest BCUT2D eigenvalue weighted by Crippen LogP contribution is -2.31. The zero-order valence-corrected chi connectivity index (χ0v) is 17.3. The van der Waals surface area contributed by atoms with E-state index in [0.717, 1.165) is 22.7 Å². The maximum absolute atomic E-state index is 12.3. The van der Waals surface area contributed by atoms with Gasteiger partial charge in [0.2, 0.25) is 15.9 Å². The molecule has 3 aromatic rings. The first-order chi connectivity index (χ1) is 13.9. The molecule has 0 spiro atoms. The second-order valence-corrected chi connectivity index (χ2v) is 8.66. The van der Waals surface area contributed by atoms with Crippen molar-refractivity contribution >= 4 is 38.1 Å². The van der Waals surface area contributed by atoms with Gasteiger partial charge >= 0.3 is 0 Å². The molecule has 0 radical (unpaired) electrons. The lowest BCUT2D eigenvalue weighted by molar-refractivity contribution is -0.116. The molecule has 0 unspecified atom stereocenters. The van der Waals surface area contributed by atoms with Crippen molar-refractivity contribution in [2.24, 2.45) is 0 Å². The summed E-state index contributed by atoms with van der Waals surface area (Å²) in [6, 6.07) is 20.5. The molecule has 0 aliphatic rings. The molecule has 3 aromatic carbocycles. The zero-order chi connectivity index (χ0) is 20.9. The molecule has 3 rings (SSSR count). The van der Waals surface area contributed by atoms with Crippen molar-refractivity contribution in [2.45, 2.75) is 12.8 Å². The summed E-state index contributed by atoms with van der Waals surface area (Å²) in [7, 11) is -1.95. The number of anilines is 2. The number of rotatable bonds is 8. The van der Waals surface area contributed by atoms with Crippen molar-refractivity contribution in [1.29, 1.82) is 0 Å². The fraction of sp³-hybridized carbons (Fsp3) is 0.227. The van der Waals surface area contributed by atoms with E-state index in [4.69, 9.17) is 4.74 Å². The number of carbonyl (C=O) groups excluding carboxylic acids is 1. The number of sulfonamides is 1. The highest BCUT2D eigenvalue weighted by Crippen LogP contribution is 2.24. The van der Waals surface area contributed by atoms with Gasteiger partial charge in [-0.05, 0) is 41.5 Å². The Hall–Kier alpha value is -3.06. The SMILES string of the molecule is COc1cccc(N(CCCC(=O)Nc2ccc3ccccc3c2)S(C)(=O)=O)c1. The summed E-state index contributed by atoms with van der Waals surface area (Å²) in [5.41, 5.74) is 1.24. The molecule has 1 N–H and O–H groups in total. The van der Waals surface area contributed by atoms with Gasteiger partial charge in [0.05, 0.1) is 19.1 Å².